The summed E-state index contributed by atoms with van der Waals surface area (Å²) in [5.74, 6) is 1.85. The highest BCUT2D eigenvalue weighted by molar-refractivity contribution is 5.20. The second-order valence-corrected chi connectivity index (χ2v) is 4.12. The summed E-state index contributed by atoms with van der Waals surface area (Å²) in [7, 11) is 0. The zero-order chi connectivity index (χ0) is 12.3. The Hall–Kier alpha value is -1.62. The van der Waals surface area contributed by atoms with E-state index in [9.17, 15) is 0 Å². The van der Waals surface area contributed by atoms with Crippen LogP contribution in [0.15, 0.2) is 16.9 Å². The third-order valence-electron chi connectivity index (χ3n) is 2.96. The number of nitrogens with zero attached hydrogens (tertiary/aromatic N) is 2. The van der Waals surface area contributed by atoms with Crippen LogP contribution < -0.4 is 5.32 Å². The van der Waals surface area contributed by atoms with Gasteiger partial charge in [0.2, 0.25) is 0 Å². The zero-order valence-corrected chi connectivity index (χ0v) is 10.4. The number of aromatic amines is 1. The smallest absolute Gasteiger partial charge is 0.138 e. The van der Waals surface area contributed by atoms with E-state index in [4.69, 9.17) is 4.52 Å². The molecule has 0 amide bonds. The summed E-state index contributed by atoms with van der Waals surface area (Å²) in [4.78, 5) is 7.41. The van der Waals surface area contributed by atoms with E-state index in [0.29, 0.717) is 0 Å². The lowest BCUT2D eigenvalue weighted by atomic mass is 10.1. The number of aryl methyl sites for hydroxylation is 2. The van der Waals surface area contributed by atoms with Crippen molar-refractivity contribution >= 4 is 0 Å². The molecule has 17 heavy (non-hydrogen) atoms. The van der Waals surface area contributed by atoms with Crippen LogP contribution in [0.4, 0.5) is 0 Å². The monoisotopic (exact) mass is 234 g/mol. The molecular formula is C12H18N4O. The number of nitrogens with one attached hydrogen (secondary N) is 2. The Kier molecular flexibility index (Phi) is 3.58. The summed E-state index contributed by atoms with van der Waals surface area (Å²) >= 11 is 0. The quantitative estimate of drug-likeness (QED) is 0.832. The van der Waals surface area contributed by atoms with Crippen LogP contribution in [0.1, 0.15) is 42.2 Å². The van der Waals surface area contributed by atoms with Crippen molar-refractivity contribution in [2.45, 2.75) is 39.8 Å². The van der Waals surface area contributed by atoms with Crippen LogP contribution in [0.3, 0.4) is 0 Å². The summed E-state index contributed by atoms with van der Waals surface area (Å²) in [5.41, 5.74) is 2.08. The summed E-state index contributed by atoms with van der Waals surface area (Å²) in [6.45, 7) is 6.78. The predicted molar refractivity (Wildman–Crippen MR) is 64.4 cm³/mol. The summed E-state index contributed by atoms with van der Waals surface area (Å²) in [5, 5.41) is 7.41. The number of imidazole rings is 1. The largest absolute Gasteiger partial charge is 0.361 e. The highest BCUT2D eigenvalue weighted by Crippen LogP contribution is 2.16. The molecule has 0 spiro atoms. The molecule has 2 rings (SSSR count). The van der Waals surface area contributed by atoms with Gasteiger partial charge in [-0.15, -0.1) is 0 Å². The van der Waals surface area contributed by atoms with Crippen molar-refractivity contribution in [1.82, 2.24) is 20.4 Å². The first-order valence-corrected chi connectivity index (χ1v) is 5.86. The fourth-order valence-electron chi connectivity index (χ4n) is 1.88. The molecule has 0 saturated heterocycles. The average molecular weight is 234 g/mol. The molecule has 0 aliphatic carbocycles. The molecule has 0 bridgehead atoms. The molecule has 5 nitrogen and oxygen atoms in total. The predicted octanol–water partition coefficient (Wildman–Crippen LogP) is 2.26. The Morgan fingerprint density at radius 1 is 1.47 bits per heavy atom. The van der Waals surface area contributed by atoms with Gasteiger partial charge in [0.25, 0.3) is 0 Å². The van der Waals surface area contributed by atoms with Gasteiger partial charge in [-0.3, -0.25) is 0 Å². The van der Waals surface area contributed by atoms with Gasteiger partial charge in [0.1, 0.15) is 11.6 Å². The minimum absolute atomic E-state index is 0.235. The van der Waals surface area contributed by atoms with E-state index in [1.54, 1.807) is 6.20 Å². The van der Waals surface area contributed by atoms with E-state index >= 15 is 0 Å². The van der Waals surface area contributed by atoms with Gasteiger partial charge in [-0.1, -0.05) is 12.1 Å². The van der Waals surface area contributed by atoms with Crippen molar-refractivity contribution < 1.29 is 4.52 Å². The molecule has 2 aromatic rings. The third kappa shape index (κ3) is 2.55. The number of hydrogen-bond acceptors (Lipinski definition) is 4. The molecule has 0 fully saturated rings. The van der Waals surface area contributed by atoms with Crippen molar-refractivity contribution in [2.24, 2.45) is 0 Å². The van der Waals surface area contributed by atoms with E-state index in [1.807, 2.05) is 20.0 Å². The Morgan fingerprint density at radius 3 is 2.82 bits per heavy atom. The maximum absolute atomic E-state index is 5.14. The molecule has 0 radical (unpaired) electrons. The van der Waals surface area contributed by atoms with Crippen molar-refractivity contribution in [3.05, 3.63) is 35.2 Å². The molecule has 0 aliphatic rings. The van der Waals surface area contributed by atoms with Crippen LogP contribution in [-0.2, 0) is 6.54 Å². The van der Waals surface area contributed by atoms with Gasteiger partial charge < -0.3 is 14.8 Å². The summed E-state index contributed by atoms with van der Waals surface area (Å²) in [6, 6.07) is 0.235. The van der Waals surface area contributed by atoms with Crippen LogP contribution in [0.5, 0.6) is 0 Å². The maximum Gasteiger partial charge on any atom is 0.138 e. The van der Waals surface area contributed by atoms with Gasteiger partial charge in [-0.05, 0) is 20.3 Å². The normalized spacial score (nSPS) is 12.9. The Balaban J connectivity index is 2.02. The van der Waals surface area contributed by atoms with Crippen molar-refractivity contribution in [3.63, 3.8) is 0 Å². The number of rotatable bonds is 5. The number of aromatic nitrogens is 3. The van der Waals surface area contributed by atoms with Gasteiger partial charge in [0.15, 0.2) is 0 Å². The van der Waals surface area contributed by atoms with Crippen LogP contribution in [-0.4, -0.2) is 15.1 Å². The first-order chi connectivity index (χ1) is 8.22. The van der Waals surface area contributed by atoms with E-state index in [0.717, 1.165) is 35.8 Å². The van der Waals surface area contributed by atoms with Crippen LogP contribution in [0.2, 0.25) is 0 Å². The van der Waals surface area contributed by atoms with Crippen LogP contribution >= 0.6 is 0 Å². The second-order valence-electron chi connectivity index (χ2n) is 4.12. The minimum atomic E-state index is 0.235. The number of hydrogen-bond donors (Lipinski definition) is 2. The Labute approximate surface area is 101 Å². The lowest BCUT2D eigenvalue weighted by Gasteiger charge is -2.14. The number of H-pyrrole nitrogens is 1. The van der Waals surface area contributed by atoms with Crippen molar-refractivity contribution in [2.75, 3.05) is 0 Å². The van der Waals surface area contributed by atoms with Gasteiger partial charge >= 0.3 is 0 Å². The van der Waals surface area contributed by atoms with Crippen molar-refractivity contribution in [3.8, 4) is 0 Å². The molecule has 5 heteroatoms. The second kappa shape index (κ2) is 5.14. The molecule has 2 aromatic heterocycles. The fraction of sp³-hybridized carbons (Fsp3) is 0.500. The van der Waals surface area contributed by atoms with Gasteiger partial charge in [0.05, 0.1) is 11.7 Å². The SMILES string of the molecule is CCC(NCc1c(C)noc1C)c1ncc[nH]1. The lowest BCUT2D eigenvalue weighted by Crippen LogP contribution is -2.21. The minimum Gasteiger partial charge on any atom is -0.361 e. The lowest BCUT2D eigenvalue weighted by molar-refractivity contribution is 0.391. The average Bonchev–Trinajstić information content (AvgIpc) is 2.94. The van der Waals surface area contributed by atoms with Crippen LogP contribution in [0, 0.1) is 13.8 Å². The van der Waals surface area contributed by atoms with Crippen molar-refractivity contribution in [1.29, 1.82) is 0 Å². The molecular weight excluding hydrogens is 216 g/mol. The van der Waals surface area contributed by atoms with Crippen LogP contribution in [0.25, 0.3) is 0 Å². The summed E-state index contributed by atoms with van der Waals surface area (Å²) in [6.07, 6.45) is 4.60. The molecule has 2 N–H and O–H groups in total. The molecule has 92 valence electrons. The Morgan fingerprint density at radius 2 is 2.29 bits per heavy atom. The maximum atomic E-state index is 5.14. The highest BCUT2D eigenvalue weighted by Gasteiger charge is 2.14. The molecule has 0 aromatic carbocycles. The molecule has 0 aliphatic heterocycles. The first-order valence-electron chi connectivity index (χ1n) is 5.86. The van der Waals surface area contributed by atoms with E-state index in [1.165, 1.54) is 0 Å². The molecule has 1 atom stereocenters. The van der Waals surface area contributed by atoms with Gasteiger partial charge in [-0.2, -0.15) is 0 Å². The van der Waals surface area contributed by atoms with E-state index < -0.39 is 0 Å². The third-order valence-corrected chi connectivity index (χ3v) is 2.96. The molecule has 1 unspecified atom stereocenters. The standard InChI is InChI=1S/C12H18N4O/c1-4-11(12-13-5-6-14-12)15-7-10-8(2)16-17-9(10)3/h5-6,11,15H,4,7H2,1-3H3,(H,13,14). The topological polar surface area (TPSA) is 66.7 Å². The zero-order valence-electron chi connectivity index (χ0n) is 10.4. The first kappa shape index (κ1) is 11.9. The molecule has 0 saturated carbocycles. The van der Waals surface area contributed by atoms with E-state index in [-0.39, 0.29) is 6.04 Å². The summed E-state index contributed by atoms with van der Waals surface area (Å²) < 4.78 is 5.14. The molecule has 2 heterocycles. The Bertz CT molecular complexity index is 441. The van der Waals surface area contributed by atoms with Gasteiger partial charge in [-0.25, -0.2) is 4.98 Å². The highest BCUT2D eigenvalue weighted by atomic mass is 16.5. The van der Waals surface area contributed by atoms with E-state index in [2.05, 4.69) is 27.4 Å². The van der Waals surface area contributed by atoms with Gasteiger partial charge in [0, 0.05) is 24.5 Å². The fourth-order valence-corrected chi connectivity index (χ4v) is 1.88.